The average molecular weight is 378 g/mol. The molecule has 2 atom stereocenters. The van der Waals surface area contributed by atoms with Crippen LogP contribution in [0.25, 0.3) is 0 Å². The van der Waals surface area contributed by atoms with Crippen LogP contribution in [0.1, 0.15) is 29.4 Å². The molecule has 1 aliphatic rings. The number of non-ortho nitro benzene ring substituents is 1. The molecule has 10 nitrogen and oxygen atoms in total. The molecule has 1 fully saturated rings. The summed E-state index contributed by atoms with van der Waals surface area (Å²) in [6.07, 6.45) is 0.655. The second-order valence-electron chi connectivity index (χ2n) is 5.86. The van der Waals surface area contributed by atoms with Gasteiger partial charge in [-0.25, -0.2) is 9.18 Å². The summed E-state index contributed by atoms with van der Waals surface area (Å²) >= 11 is 0. The van der Waals surface area contributed by atoms with Gasteiger partial charge >= 0.3 is 5.69 Å². The molecule has 0 unspecified atom stereocenters. The van der Waals surface area contributed by atoms with Crippen molar-refractivity contribution in [3.05, 3.63) is 62.4 Å². The Labute approximate surface area is 151 Å². The van der Waals surface area contributed by atoms with Gasteiger partial charge in [0, 0.05) is 17.7 Å². The Morgan fingerprint density at radius 2 is 2.11 bits per heavy atom. The van der Waals surface area contributed by atoms with E-state index in [1.807, 2.05) is 0 Å². The molecular formula is C16H15FN4O6. The second-order valence-corrected chi connectivity index (χ2v) is 5.86. The predicted octanol–water partition coefficient (Wildman–Crippen LogP) is 1.21. The van der Waals surface area contributed by atoms with E-state index < -0.39 is 40.5 Å². The average Bonchev–Trinajstić information content (AvgIpc) is 3.13. The number of hydrogen-bond donors (Lipinski definition) is 2. The number of nitro groups is 1. The number of nitrogens with one attached hydrogen (secondary N) is 1. The fourth-order valence-corrected chi connectivity index (χ4v) is 2.68. The highest BCUT2D eigenvalue weighted by atomic mass is 19.1. The number of aliphatic hydroxyl groups excluding tert-OH is 1. The van der Waals surface area contributed by atoms with Gasteiger partial charge in [-0.1, -0.05) is 0 Å². The van der Waals surface area contributed by atoms with E-state index in [4.69, 9.17) is 9.84 Å². The predicted molar refractivity (Wildman–Crippen MR) is 89.7 cm³/mol. The lowest BCUT2D eigenvalue weighted by Gasteiger charge is -2.15. The van der Waals surface area contributed by atoms with E-state index >= 15 is 0 Å². The van der Waals surface area contributed by atoms with Gasteiger partial charge in [-0.3, -0.25) is 19.5 Å². The highest BCUT2D eigenvalue weighted by molar-refractivity contribution is 6.03. The third-order valence-electron chi connectivity index (χ3n) is 4.08. The number of ether oxygens (including phenoxy) is 1. The normalized spacial score (nSPS) is 19.0. The van der Waals surface area contributed by atoms with Crippen molar-refractivity contribution < 1.29 is 24.0 Å². The lowest BCUT2D eigenvalue weighted by Crippen LogP contribution is -2.30. The van der Waals surface area contributed by atoms with Gasteiger partial charge in [-0.15, -0.1) is 0 Å². The number of halogens is 1. The number of aromatic nitrogens is 2. The summed E-state index contributed by atoms with van der Waals surface area (Å²) in [7, 11) is 0. The first-order valence-electron chi connectivity index (χ1n) is 8.00. The van der Waals surface area contributed by atoms with Crippen molar-refractivity contribution in [2.75, 3.05) is 11.9 Å². The molecule has 3 rings (SSSR count). The zero-order valence-electron chi connectivity index (χ0n) is 13.9. The Morgan fingerprint density at radius 3 is 2.70 bits per heavy atom. The summed E-state index contributed by atoms with van der Waals surface area (Å²) in [5, 5.41) is 21.9. The van der Waals surface area contributed by atoms with Crippen LogP contribution >= 0.6 is 0 Å². The van der Waals surface area contributed by atoms with Gasteiger partial charge in [0.15, 0.2) is 11.6 Å². The Kier molecular flexibility index (Phi) is 5.23. The van der Waals surface area contributed by atoms with Gasteiger partial charge in [0.25, 0.3) is 11.6 Å². The highest BCUT2D eigenvalue weighted by Crippen LogP contribution is 2.27. The van der Waals surface area contributed by atoms with Crippen molar-refractivity contribution in [1.29, 1.82) is 0 Å². The monoisotopic (exact) mass is 378 g/mol. The van der Waals surface area contributed by atoms with E-state index in [2.05, 4.69) is 10.3 Å². The molecule has 27 heavy (non-hydrogen) atoms. The first-order valence-corrected chi connectivity index (χ1v) is 8.00. The first-order chi connectivity index (χ1) is 12.9. The molecule has 0 spiro atoms. The summed E-state index contributed by atoms with van der Waals surface area (Å²) in [4.78, 5) is 37.8. The quantitative estimate of drug-likeness (QED) is 0.589. The van der Waals surface area contributed by atoms with Gasteiger partial charge in [0.2, 0.25) is 0 Å². The fraction of sp³-hybridized carbons (Fsp3) is 0.312. The maximum atomic E-state index is 14.3. The van der Waals surface area contributed by atoms with Crippen molar-refractivity contribution in [1.82, 2.24) is 9.55 Å². The van der Waals surface area contributed by atoms with Crippen molar-refractivity contribution in [2.24, 2.45) is 0 Å². The van der Waals surface area contributed by atoms with Gasteiger partial charge in [0.1, 0.15) is 6.23 Å². The number of hydrogen-bond acceptors (Lipinski definition) is 7. The van der Waals surface area contributed by atoms with E-state index in [-0.39, 0.29) is 17.9 Å². The molecule has 0 saturated carbocycles. The molecule has 1 aromatic carbocycles. The maximum Gasteiger partial charge on any atom is 0.351 e. The van der Waals surface area contributed by atoms with Crippen molar-refractivity contribution in [3.8, 4) is 0 Å². The van der Waals surface area contributed by atoms with Crippen LogP contribution in [0.15, 0.2) is 35.3 Å². The molecular weight excluding hydrogens is 363 g/mol. The zero-order chi connectivity index (χ0) is 19.6. The number of rotatable bonds is 5. The number of aliphatic hydroxyl groups is 1. The highest BCUT2D eigenvalue weighted by Gasteiger charge is 2.27. The topological polar surface area (TPSA) is 137 Å². The van der Waals surface area contributed by atoms with Gasteiger partial charge in [-0.05, 0) is 25.0 Å². The van der Waals surface area contributed by atoms with E-state index in [0.717, 1.165) is 22.9 Å². The van der Waals surface area contributed by atoms with Crippen LogP contribution in [0.4, 0.5) is 15.9 Å². The molecule has 1 amide bonds. The Morgan fingerprint density at radius 1 is 1.41 bits per heavy atom. The number of carbonyl (C=O) groups is 1. The summed E-state index contributed by atoms with van der Waals surface area (Å²) in [5.41, 5.74) is -0.980. The number of carbonyl (C=O) groups excluding carboxylic acids is 1. The molecule has 0 bridgehead atoms. The smallest absolute Gasteiger partial charge is 0.351 e. The van der Waals surface area contributed by atoms with E-state index in [9.17, 15) is 24.1 Å². The zero-order valence-corrected chi connectivity index (χ0v) is 13.9. The summed E-state index contributed by atoms with van der Waals surface area (Å²) < 4.78 is 20.7. The molecule has 2 N–H and O–H groups in total. The van der Waals surface area contributed by atoms with Crippen LogP contribution < -0.4 is 11.0 Å². The van der Waals surface area contributed by atoms with Crippen LogP contribution in [-0.2, 0) is 4.74 Å². The van der Waals surface area contributed by atoms with Crippen molar-refractivity contribution in [2.45, 2.75) is 25.2 Å². The minimum atomic E-state index is -0.944. The number of nitro benzene ring substituents is 1. The summed E-state index contributed by atoms with van der Waals surface area (Å²) in [5.74, 6) is -2.27. The molecule has 142 valence electrons. The Balaban J connectivity index is 1.77. The van der Waals surface area contributed by atoms with Crippen molar-refractivity contribution in [3.63, 3.8) is 0 Å². The number of benzene rings is 1. The van der Waals surface area contributed by atoms with Crippen LogP contribution in [-0.4, -0.2) is 38.2 Å². The van der Waals surface area contributed by atoms with Crippen LogP contribution in [0.3, 0.4) is 0 Å². The minimum Gasteiger partial charge on any atom is -0.394 e. The first kappa shape index (κ1) is 18.6. The number of anilines is 1. The lowest BCUT2D eigenvalue weighted by atomic mass is 10.2. The van der Waals surface area contributed by atoms with Gasteiger partial charge in [0.05, 0.1) is 23.8 Å². The Hall–Kier alpha value is -3.18. The number of nitrogens with zero attached hydrogens (tertiary/aromatic N) is 3. The van der Waals surface area contributed by atoms with Crippen LogP contribution in [0.2, 0.25) is 0 Å². The molecule has 0 aliphatic carbocycles. The molecule has 1 aromatic heterocycles. The van der Waals surface area contributed by atoms with Crippen molar-refractivity contribution >= 4 is 17.4 Å². The Bertz CT molecular complexity index is 929. The second kappa shape index (κ2) is 7.60. The SMILES string of the molecule is O=C(Nc1nc(=O)n([C@H]2CC[C@@H](CO)O2)cc1F)c1ccc([N+](=O)[O-])cc1. The lowest BCUT2D eigenvalue weighted by molar-refractivity contribution is -0.384. The third-order valence-corrected chi connectivity index (χ3v) is 4.08. The molecule has 1 saturated heterocycles. The fourth-order valence-electron chi connectivity index (χ4n) is 2.68. The maximum absolute atomic E-state index is 14.3. The molecule has 11 heteroatoms. The van der Waals surface area contributed by atoms with Crippen LogP contribution in [0, 0.1) is 15.9 Å². The van der Waals surface area contributed by atoms with Crippen LogP contribution in [0.5, 0.6) is 0 Å². The minimum absolute atomic E-state index is 0.0379. The molecule has 2 heterocycles. The largest absolute Gasteiger partial charge is 0.394 e. The van der Waals surface area contributed by atoms with E-state index in [1.54, 1.807) is 0 Å². The molecule has 2 aromatic rings. The standard InChI is InChI=1S/C16H15FN4O6/c17-12-7-20(13-6-5-11(8-22)27-13)16(24)19-14(12)18-15(23)9-1-3-10(4-2-9)21(25)26/h1-4,7,11,13,22H,5-6,8H2,(H,18,19,23,24)/t11-,13+/m0/s1. The van der Waals surface area contributed by atoms with Gasteiger partial charge < -0.3 is 15.2 Å². The van der Waals surface area contributed by atoms with Gasteiger partial charge in [-0.2, -0.15) is 4.98 Å². The molecule has 0 radical (unpaired) electrons. The van der Waals surface area contributed by atoms with E-state index in [1.165, 1.54) is 12.1 Å². The summed E-state index contributed by atoms with van der Waals surface area (Å²) in [6.45, 7) is -0.204. The third kappa shape index (κ3) is 3.99. The number of amides is 1. The molecule has 1 aliphatic heterocycles. The summed E-state index contributed by atoms with van der Waals surface area (Å²) in [6, 6.07) is 4.67. The van der Waals surface area contributed by atoms with E-state index in [0.29, 0.717) is 12.8 Å².